The van der Waals surface area contributed by atoms with Crippen molar-refractivity contribution in [2.24, 2.45) is 0 Å². The number of nitrogens with zero attached hydrogens (tertiary/aromatic N) is 2. The van der Waals surface area contributed by atoms with Crippen LogP contribution in [0.5, 0.6) is 0 Å². The zero-order valence-corrected chi connectivity index (χ0v) is 11.5. The summed E-state index contributed by atoms with van der Waals surface area (Å²) in [6, 6.07) is 0. The molecule has 0 fully saturated rings. The van der Waals surface area contributed by atoms with Crippen LogP contribution in [-0.4, -0.2) is 28.0 Å². The predicted molar refractivity (Wildman–Crippen MR) is 71.1 cm³/mol. The van der Waals surface area contributed by atoms with Crippen LogP contribution < -0.4 is 0 Å². The van der Waals surface area contributed by atoms with Crippen molar-refractivity contribution in [1.29, 1.82) is 0 Å². The van der Waals surface area contributed by atoms with Crippen molar-refractivity contribution in [2.75, 3.05) is 6.61 Å². The number of hydrogen-bond acceptors (Lipinski definition) is 5. The van der Waals surface area contributed by atoms with Crippen LogP contribution in [0.15, 0.2) is 6.33 Å². The van der Waals surface area contributed by atoms with Gasteiger partial charge in [0.1, 0.15) is 16.3 Å². The first-order chi connectivity index (χ1) is 8.72. The van der Waals surface area contributed by atoms with Crippen LogP contribution in [0.4, 0.5) is 0 Å². The van der Waals surface area contributed by atoms with E-state index in [1.54, 1.807) is 11.3 Å². The lowest BCUT2D eigenvalue weighted by Crippen LogP contribution is -2.20. The predicted octanol–water partition coefficient (Wildman–Crippen LogP) is 2.73. The van der Waals surface area contributed by atoms with Gasteiger partial charge in [-0.15, -0.1) is 11.3 Å². The Labute approximate surface area is 114 Å². The van der Waals surface area contributed by atoms with Gasteiger partial charge >= 0.3 is 0 Å². The van der Waals surface area contributed by atoms with E-state index in [0.29, 0.717) is 11.8 Å². The summed E-state index contributed by atoms with van der Waals surface area (Å²) >= 11 is 7.80. The molecule has 0 bridgehead atoms. The highest BCUT2D eigenvalue weighted by atomic mass is 35.5. The summed E-state index contributed by atoms with van der Waals surface area (Å²) in [4.78, 5) is 10.4. The third-order valence-corrected chi connectivity index (χ3v) is 4.75. The van der Waals surface area contributed by atoms with E-state index in [1.807, 2.05) is 6.92 Å². The normalized spacial score (nSPS) is 20.3. The molecule has 96 valence electrons. The Kier molecular flexibility index (Phi) is 3.23. The first-order valence-corrected chi connectivity index (χ1v) is 7.13. The molecule has 3 rings (SSSR count). The second-order valence-electron chi connectivity index (χ2n) is 4.27. The SMILES string of the molecule is CCOC(O)C1CCc2sc3ncnc(Cl)c3c21. The van der Waals surface area contributed by atoms with Crippen molar-refractivity contribution in [1.82, 2.24) is 9.97 Å². The van der Waals surface area contributed by atoms with Crippen molar-refractivity contribution < 1.29 is 9.84 Å². The molecule has 18 heavy (non-hydrogen) atoms. The van der Waals surface area contributed by atoms with Gasteiger partial charge in [-0.1, -0.05) is 11.6 Å². The molecule has 0 radical (unpaired) electrons. The van der Waals surface area contributed by atoms with Crippen molar-refractivity contribution >= 4 is 33.2 Å². The van der Waals surface area contributed by atoms with Gasteiger partial charge in [-0.3, -0.25) is 0 Å². The number of ether oxygens (including phenoxy) is 1. The lowest BCUT2D eigenvalue weighted by molar-refractivity contribution is -0.110. The van der Waals surface area contributed by atoms with E-state index in [9.17, 15) is 5.11 Å². The zero-order chi connectivity index (χ0) is 12.7. The summed E-state index contributed by atoms with van der Waals surface area (Å²) in [5.74, 6) is -0.0165. The summed E-state index contributed by atoms with van der Waals surface area (Å²) < 4.78 is 5.32. The minimum Gasteiger partial charge on any atom is -0.367 e. The number of aryl methyl sites for hydroxylation is 1. The summed E-state index contributed by atoms with van der Waals surface area (Å²) in [5, 5.41) is 11.4. The highest BCUT2D eigenvalue weighted by Gasteiger charge is 2.34. The minimum atomic E-state index is -0.773. The molecule has 2 atom stereocenters. The molecular weight excluding hydrogens is 272 g/mol. The number of thiophene rings is 1. The molecule has 4 nitrogen and oxygen atoms in total. The van der Waals surface area contributed by atoms with Crippen LogP contribution in [0.3, 0.4) is 0 Å². The van der Waals surface area contributed by atoms with Crippen molar-refractivity contribution in [3.05, 3.63) is 21.9 Å². The van der Waals surface area contributed by atoms with Gasteiger partial charge in [-0.25, -0.2) is 9.97 Å². The van der Waals surface area contributed by atoms with Crippen LogP contribution in [0.25, 0.3) is 10.2 Å². The number of aliphatic hydroxyl groups is 1. The molecule has 0 amide bonds. The average Bonchev–Trinajstić information content (AvgIpc) is 2.87. The van der Waals surface area contributed by atoms with E-state index < -0.39 is 6.29 Å². The van der Waals surface area contributed by atoms with Crippen molar-refractivity contribution in [3.8, 4) is 0 Å². The Morgan fingerprint density at radius 3 is 3.22 bits per heavy atom. The molecule has 0 aliphatic heterocycles. The van der Waals surface area contributed by atoms with E-state index >= 15 is 0 Å². The average molecular weight is 285 g/mol. The Balaban J connectivity index is 2.11. The van der Waals surface area contributed by atoms with Gasteiger partial charge in [0.05, 0.1) is 5.39 Å². The fraction of sp³-hybridized carbons (Fsp3) is 0.500. The molecule has 1 aliphatic carbocycles. The molecule has 2 unspecified atom stereocenters. The van der Waals surface area contributed by atoms with Gasteiger partial charge in [0.25, 0.3) is 0 Å². The Hall–Kier alpha value is -0.750. The number of aliphatic hydroxyl groups excluding tert-OH is 1. The Bertz CT molecular complexity index is 587. The van der Waals surface area contributed by atoms with Crippen LogP contribution in [0.1, 0.15) is 29.7 Å². The minimum absolute atomic E-state index is 0.0165. The van der Waals surface area contributed by atoms with Gasteiger partial charge in [-0.05, 0) is 25.3 Å². The standard InChI is InChI=1S/C12H13ClN2O2S/c1-2-17-12(16)6-3-4-7-8(6)9-10(13)14-5-15-11(9)18-7/h5-6,12,16H,2-4H2,1H3. The highest BCUT2D eigenvalue weighted by Crippen LogP contribution is 2.46. The third-order valence-electron chi connectivity index (χ3n) is 3.29. The molecule has 2 aromatic heterocycles. The van der Waals surface area contributed by atoms with Gasteiger partial charge < -0.3 is 9.84 Å². The number of aromatic nitrogens is 2. The molecular formula is C12H13ClN2O2S. The van der Waals surface area contributed by atoms with E-state index in [1.165, 1.54) is 11.2 Å². The van der Waals surface area contributed by atoms with Gasteiger partial charge in [0, 0.05) is 17.4 Å². The number of fused-ring (bicyclic) bond motifs is 3. The monoisotopic (exact) mass is 284 g/mol. The van der Waals surface area contributed by atoms with Gasteiger partial charge in [0.2, 0.25) is 0 Å². The molecule has 0 saturated heterocycles. The van der Waals surface area contributed by atoms with E-state index in [4.69, 9.17) is 16.3 Å². The molecule has 0 saturated carbocycles. The second-order valence-corrected chi connectivity index (χ2v) is 5.72. The van der Waals surface area contributed by atoms with Gasteiger partial charge in [-0.2, -0.15) is 0 Å². The molecule has 2 aromatic rings. The van der Waals surface area contributed by atoms with Crippen molar-refractivity contribution in [3.63, 3.8) is 0 Å². The maximum atomic E-state index is 10.1. The highest BCUT2D eigenvalue weighted by molar-refractivity contribution is 7.19. The van der Waals surface area contributed by atoms with E-state index in [2.05, 4.69) is 9.97 Å². The smallest absolute Gasteiger partial charge is 0.161 e. The molecule has 2 heterocycles. The number of halogens is 1. The van der Waals surface area contributed by atoms with Gasteiger partial charge in [0.15, 0.2) is 6.29 Å². The number of hydrogen-bond donors (Lipinski definition) is 1. The third kappa shape index (κ3) is 1.82. The maximum Gasteiger partial charge on any atom is 0.161 e. The van der Waals surface area contributed by atoms with Crippen LogP contribution in [0.2, 0.25) is 5.15 Å². The fourth-order valence-electron chi connectivity index (χ4n) is 2.55. The molecule has 1 aliphatic rings. The Morgan fingerprint density at radius 2 is 2.44 bits per heavy atom. The zero-order valence-electron chi connectivity index (χ0n) is 9.89. The summed E-state index contributed by atoms with van der Waals surface area (Å²) in [5.41, 5.74) is 1.08. The quantitative estimate of drug-likeness (QED) is 0.695. The molecule has 1 N–H and O–H groups in total. The summed E-state index contributed by atoms with van der Waals surface area (Å²) in [6.07, 6.45) is 2.54. The first kappa shape index (κ1) is 12.3. The van der Waals surface area contributed by atoms with E-state index in [0.717, 1.165) is 28.6 Å². The molecule has 6 heteroatoms. The lowest BCUT2D eigenvalue weighted by Gasteiger charge is -2.18. The fourth-order valence-corrected chi connectivity index (χ4v) is 4.06. The number of rotatable bonds is 3. The largest absolute Gasteiger partial charge is 0.367 e. The van der Waals surface area contributed by atoms with E-state index in [-0.39, 0.29) is 5.92 Å². The van der Waals surface area contributed by atoms with Crippen molar-refractivity contribution in [2.45, 2.75) is 32.0 Å². The lowest BCUT2D eigenvalue weighted by atomic mass is 10.0. The summed E-state index contributed by atoms with van der Waals surface area (Å²) in [7, 11) is 0. The Morgan fingerprint density at radius 1 is 1.61 bits per heavy atom. The molecule has 0 spiro atoms. The first-order valence-electron chi connectivity index (χ1n) is 5.93. The second kappa shape index (κ2) is 4.74. The van der Waals surface area contributed by atoms with Crippen LogP contribution in [-0.2, 0) is 11.2 Å². The van der Waals surface area contributed by atoms with Crippen LogP contribution in [0, 0.1) is 0 Å². The maximum absolute atomic E-state index is 10.1. The molecule has 0 aromatic carbocycles. The topological polar surface area (TPSA) is 55.2 Å². The van der Waals surface area contributed by atoms with Crippen LogP contribution >= 0.6 is 22.9 Å². The summed E-state index contributed by atoms with van der Waals surface area (Å²) in [6.45, 7) is 2.38.